The summed E-state index contributed by atoms with van der Waals surface area (Å²) in [5, 5.41) is 10.3. The quantitative estimate of drug-likeness (QED) is 0.577. The highest BCUT2D eigenvalue weighted by Gasteiger charge is 2.14. The second-order valence-corrected chi connectivity index (χ2v) is 6.26. The number of hydrogen-bond acceptors (Lipinski definition) is 4. The van der Waals surface area contributed by atoms with Crippen molar-refractivity contribution in [1.29, 1.82) is 0 Å². The zero-order chi connectivity index (χ0) is 18.4. The van der Waals surface area contributed by atoms with Crippen molar-refractivity contribution in [2.75, 3.05) is 0 Å². The highest BCUT2D eigenvalue weighted by atomic mass is 16.5. The maximum atomic E-state index is 12.2. The van der Waals surface area contributed by atoms with E-state index in [4.69, 9.17) is 9.47 Å². The van der Waals surface area contributed by atoms with Gasteiger partial charge in [-0.15, -0.1) is 0 Å². The lowest BCUT2D eigenvalue weighted by atomic mass is 10.1. The van der Waals surface area contributed by atoms with Crippen molar-refractivity contribution in [2.24, 2.45) is 0 Å². The first-order valence-electron chi connectivity index (χ1n) is 8.34. The molecular formula is C21H24O4. The van der Waals surface area contributed by atoms with Gasteiger partial charge in [0.05, 0.1) is 12.2 Å². The highest BCUT2D eigenvalue weighted by molar-refractivity contribution is 6.06. The van der Waals surface area contributed by atoms with E-state index in [-0.39, 0.29) is 23.7 Å². The lowest BCUT2D eigenvalue weighted by Crippen LogP contribution is -2.09. The maximum absolute atomic E-state index is 12.2. The molecule has 0 spiro atoms. The van der Waals surface area contributed by atoms with E-state index in [1.54, 1.807) is 30.3 Å². The van der Waals surface area contributed by atoms with Crippen LogP contribution in [0, 0.1) is 0 Å². The van der Waals surface area contributed by atoms with E-state index in [0.29, 0.717) is 22.6 Å². The molecule has 0 aliphatic carbocycles. The number of rotatable bonds is 7. The van der Waals surface area contributed by atoms with Crippen molar-refractivity contribution in [1.82, 2.24) is 0 Å². The number of carbonyl (C=O) groups excluding carboxylic acids is 1. The van der Waals surface area contributed by atoms with Crippen molar-refractivity contribution in [3.63, 3.8) is 0 Å². The smallest absolute Gasteiger partial charge is 0.200 e. The van der Waals surface area contributed by atoms with Gasteiger partial charge < -0.3 is 14.6 Å². The standard InChI is InChI=1S/C21H24O4/c1-14(2)24-19-12-16(13-20(21(19)23)25-15(3)4)10-11-18(22)17-8-6-5-7-9-17/h5-15,23H,1-4H3. The van der Waals surface area contributed by atoms with Crippen LogP contribution in [0.25, 0.3) is 6.08 Å². The first kappa shape index (κ1) is 18.6. The number of phenols is 1. The van der Waals surface area contributed by atoms with Crippen molar-refractivity contribution < 1.29 is 19.4 Å². The van der Waals surface area contributed by atoms with Gasteiger partial charge in [0.15, 0.2) is 17.3 Å². The van der Waals surface area contributed by atoms with E-state index < -0.39 is 0 Å². The monoisotopic (exact) mass is 340 g/mol. The van der Waals surface area contributed by atoms with Gasteiger partial charge in [0.2, 0.25) is 5.75 Å². The normalized spacial score (nSPS) is 11.3. The molecule has 132 valence electrons. The van der Waals surface area contributed by atoms with Gasteiger partial charge in [-0.3, -0.25) is 4.79 Å². The number of aromatic hydroxyl groups is 1. The first-order chi connectivity index (χ1) is 11.9. The summed E-state index contributed by atoms with van der Waals surface area (Å²) >= 11 is 0. The zero-order valence-electron chi connectivity index (χ0n) is 15.0. The second kappa shape index (κ2) is 8.38. The number of carbonyl (C=O) groups is 1. The van der Waals surface area contributed by atoms with Gasteiger partial charge in [-0.05, 0) is 51.5 Å². The Kier molecular flexibility index (Phi) is 6.23. The van der Waals surface area contributed by atoms with Crippen LogP contribution in [0.3, 0.4) is 0 Å². The average Bonchev–Trinajstić information content (AvgIpc) is 2.56. The van der Waals surface area contributed by atoms with Crippen LogP contribution in [-0.2, 0) is 0 Å². The van der Waals surface area contributed by atoms with Crippen molar-refractivity contribution in [3.05, 3.63) is 59.7 Å². The molecule has 2 aromatic carbocycles. The van der Waals surface area contributed by atoms with E-state index in [2.05, 4.69) is 0 Å². The topological polar surface area (TPSA) is 55.8 Å². The Labute approximate surface area is 148 Å². The molecule has 0 bridgehead atoms. The maximum Gasteiger partial charge on any atom is 0.200 e. The van der Waals surface area contributed by atoms with Gasteiger partial charge >= 0.3 is 0 Å². The Bertz CT molecular complexity index is 715. The third kappa shape index (κ3) is 5.38. The molecular weight excluding hydrogens is 316 g/mol. The lowest BCUT2D eigenvalue weighted by molar-refractivity contribution is 0.104. The van der Waals surface area contributed by atoms with Gasteiger partial charge in [0, 0.05) is 5.56 Å². The van der Waals surface area contributed by atoms with Gasteiger partial charge in [-0.2, -0.15) is 0 Å². The number of allylic oxidation sites excluding steroid dienone is 1. The van der Waals surface area contributed by atoms with Crippen LogP contribution >= 0.6 is 0 Å². The molecule has 0 aromatic heterocycles. The van der Waals surface area contributed by atoms with Crippen LogP contribution in [0.2, 0.25) is 0 Å². The van der Waals surface area contributed by atoms with Gasteiger partial charge in [0.1, 0.15) is 0 Å². The van der Waals surface area contributed by atoms with Crippen LogP contribution in [0.15, 0.2) is 48.5 Å². The molecule has 0 heterocycles. The average molecular weight is 340 g/mol. The molecule has 0 unspecified atom stereocenters. The fourth-order valence-corrected chi connectivity index (χ4v) is 2.26. The summed E-state index contributed by atoms with van der Waals surface area (Å²) < 4.78 is 11.3. The number of ketones is 1. The Balaban J connectivity index is 2.32. The number of benzene rings is 2. The first-order valence-corrected chi connectivity index (χ1v) is 8.34. The minimum absolute atomic E-state index is 0.0334. The summed E-state index contributed by atoms with van der Waals surface area (Å²) in [5.74, 6) is 0.542. The van der Waals surface area contributed by atoms with E-state index in [9.17, 15) is 9.90 Å². The molecule has 2 aromatic rings. The number of hydrogen-bond donors (Lipinski definition) is 1. The Morgan fingerprint density at radius 2 is 1.48 bits per heavy atom. The number of ether oxygens (including phenoxy) is 2. The highest BCUT2D eigenvalue weighted by Crippen LogP contribution is 2.39. The summed E-state index contributed by atoms with van der Waals surface area (Å²) in [6, 6.07) is 12.4. The summed E-state index contributed by atoms with van der Waals surface area (Å²) in [5.41, 5.74) is 1.34. The number of phenolic OH excluding ortho intramolecular Hbond substituents is 1. The SMILES string of the molecule is CC(C)Oc1cc(C=CC(=O)c2ccccc2)cc(OC(C)C)c1O. The summed E-state index contributed by atoms with van der Waals surface area (Å²) in [6.45, 7) is 7.52. The molecule has 2 rings (SSSR count). The summed E-state index contributed by atoms with van der Waals surface area (Å²) in [4.78, 5) is 12.2. The van der Waals surface area contributed by atoms with Crippen molar-refractivity contribution in [2.45, 2.75) is 39.9 Å². The molecule has 0 fully saturated rings. The molecule has 0 saturated heterocycles. The second-order valence-electron chi connectivity index (χ2n) is 6.26. The molecule has 0 aliphatic heterocycles. The Morgan fingerprint density at radius 3 is 1.96 bits per heavy atom. The van der Waals surface area contributed by atoms with E-state index in [0.717, 1.165) is 0 Å². The minimum atomic E-state index is -0.0945. The van der Waals surface area contributed by atoms with E-state index in [1.165, 1.54) is 6.08 Å². The molecule has 0 radical (unpaired) electrons. The Morgan fingerprint density at radius 1 is 0.960 bits per heavy atom. The van der Waals surface area contributed by atoms with Crippen molar-refractivity contribution in [3.8, 4) is 17.2 Å². The fraction of sp³-hybridized carbons (Fsp3) is 0.286. The van der Waals surface area contributed by atoms with Gasteiger partial charge in [-0.1, -0.05) is 36.4 Å². The Hall–Kier alpha value is -2.75. The summed E-state index contributed by atoms with van der Waals surface area (Å²) in [7, 11) is 0. The largest absolute Gasteiger partial charge is 0.502 e. The molecule has 4 heteroatoms. The van der Waals surface area contributed by atoms with E-state index in [1.807, 2.05) is 45.9 Å². The molecule has 0 aliphatic rings. The third-order valence-corrected chi connectivity index (χ3v) is 3.27. The molecule has 0 saturated carbocycles. The predicted molar refractivity (Wildman–Crippen MR) is 99.4 cm³/mol. The molecule has 25 heavy (non-hydrogen) atoms. The lowest BCUT2D eigenvalue weighted by Gasteiger charge is -2.17. The molecule has 0 atom stereocenters. The van der Waals surface area contributed by atoms with Crippen molar-refractivity contribution >= 4 is 11.9 Å². The molecule has 1 N–H and O–H groups in total. The van der Waals surface area contributed by atoms with Gasteiger partial charge in [0.25, 0.3) is 0 Å². The van der Waals surface area contributed by atoms with Crippen LogP contribution in [0.5, 0.6) is 17.2 Å². The van der Waals surface area contributed by atoms with Crippen LogP contribution in [-0.4, -0.2) is 23.1 Å². The minimum Gasteiger partial charge on any atom is -0.502 e. The zero-order valence-corrected chi connectivity index (χ0v) is 15.0. The van der Waals surface area contributed by atoms with Crippen LogP contribution in [0.4, 0.5) is 0 Å². The summed E-state index contributed by atoms with van der Waals surface area (Å²) in [6.07, 6.45) is 3.00. The third-order valence-electron chi connectivity index (χ3n) is 3.27. The van der Waals surface area contributed by atoms with Crippen LogP contribution < -0.4 is 9.47 Å². The molecule has 4 nitrogen and oxygen atoms in total. The fourth-order valence-electron chi connectivity index (χ4n) is 2.26. The predicted octanol–water partition coefficient (Wildman–Crippen LogP) is 4.86. The van der Waals surface area contributed by atoms with Gasteiger partial charge in [-0.25, -0.2) is 0 Å². The van der Waals surface area contributed by atoms with E-state index >= 15 is 0 Å². The molecule has 0 amide bonds. The van der Waals surface area contributed by atoms with Crippen LogP contribution in [0.1, 0.15) is 43.6 Å².